The first-order chi connectivity index (χ1) is 7.86. The molecule has 0 aliphatic carbocycles. The predicted molar refractivity (Wildman–Crippen MR) is 74.9 cm³/mol. The number of hydrogen-bond acceptors (Lipinski definition) is 5. The van der Waals surface area contributed by atoms with Crippen LogP contribution in [0.25, 0.3) is 0 Å². The molecule has 1 rings (SSSR count). The van der Waals surface area contributed by atoms with Gasteiger partial charge in [-0.05, 0) is 18.3 Å². The summed E-state index contributed by atoms with van der Waals surface area (Å²) in [4.78, 5) is 0. The quantitative estimate of drug-likeness (QED) is 0.577. The number of nitrogen functional groups attached to an aromatic ring is 1. The number of halogens is 1. The number of nitrogens with two attached hydrogens (primary N) is 1. The van der Waals surface area contributed by atoms with Crippen molar-refractivity contribution >= 4 is 56.0 Å². The maximum Gasteiger partial charge on any atom is 0.275 e. The molecule has 0 bridgehead atoms. The zero-order valence-corrected chi connectivity index (χ0v) is 11.8. The van der Waals surface area contributed by atoms with Crippen molar-refractivity contribution in [2.75, 3.05) is 12.3 Å². The van der Waals surface area contributed by atoms with Crippen molar-refractivity contribution < 1.29 is 8.42 Å². The van der Waals surface area contributed by atoms with Gasteiger partial charge in [0.05, 0.1) is 10.0 Å². The Kier molecular flexibility index (Phi) is 4.75. The molecule has 0 aliphatic rings. The molecular weight excluding hydrogens is 302 g/mol. The summed E-state index contributed by atoms with van der Waals surface area (Å²) >= 11 is 11.3. The lowest BCUT2D eigenvalue weighted by molar-refractivity contribution is 0.594. The van der Waals surface area contributed by atoms with Gasteiger partial charge in [0.1, 0.15) is 0 Å². The van der Waals surface area contributed by atoms with E-state index in [4.69, 9.17) is 29.6 Å². The minimum absolute atomic E-state index is 0.0196. The summed E-state index contributed by atoms with van der Waals surface area (Å²) in [6.07, 6.45) is 1.55. The SMILES string of the molecule is C=CCNC(=S)NS(=O)(=O)c1sc(Cl)cc1N. The van der Waals surface area contributed by atoms with Gasteiger partial charge in [-0.15, -0.1) is 17.9 Å². The Morgan fingerprint density at radius 3 is 2.82 bits per heavy atom. The number of thiocarbonyl (C=S) groups is 1. The van der Waals surface area contributed by atoms with Gasteiger partial charge < -0.3 is 11.1 Å². The van der Waals surface area contributed by atoms with Crippen LogP contribution >= 0.6 is 35.2 Å². The molecule has 0 unspecified atom stereocenters. The van der Waals surface area contributed by atoms with Gasteiger partial charge >= 0.3 is 0 Å². The van der Waals surface area contributed by atoms with Crippen LogP contribution in [-0.2, 0) is 10.0 Å². The maximum atomic E-state index is 11.8. The molecule has 1 aromatic heterocycles. The van der Waals surface area contributed by atoms with Crippen molar-refractivity contribution in [3.63, 3.8) is 0 Å². The summed E-state index contributed by atoms with van der Waals surface area (Å²) in [6.45, 7) is 3.83. The van der Waals surface area contributed by atoms with Crippen molar-refractivity contribution in [3.8, 4) is 0 Å². The van der Waals surface area contributed by atoms with E-state index >= 15 is 0 Å². The number of nitrogens with one attached hydrogen (secondary N) is 2. The van der Waals surface area contributed by atoms with Gasteiger partial charge in [0.2, 0.25) is 0 Å². The second kappa shape index (κ2) is 5.67. The van der Waals surface area contributed by atoms with Gasteiger partial charge in [0.25, 0.3) is 10.0 Å². The fraction of sp³-hybridized carbons (Fsp3) is 0.125. The standard InChI is InChI=1S/C8H10ClN3O2S3/c1-2-3-11-8(15)12-17(13,14)7-5(10)4-6(9)16-7/h2,4H,1,3,10H2,(H2,11,12,15). The monoisotopic (exact) mass is 311 g/mol. The summed E-state index contributed by atoms with van der Waals surface area (Å²) < 4.78 is 26.1. The van der Waals surface area contributed by atoms with Crippen LogP contribution < -0.4 is 15.8 Å². The topological polar surface area (TPSA) is 84.2 Å². The lowest BCUT2D eigenvalue weighted by Crippen LogP contribution is -2.39. The third-order valence-corrected chi connectivity index (χ3v) is 5.13. The zero-order valence-electron chi connectivity index (χ0n) is 8.57. The summed E-state index contributed by atoms with van der Waals surface area (Å²) in [7, 11) is -3.78. The van der Waals surface area contributed by atoms with E-state index in [-0.39, 0.29) is 15.0 Å². The summed E-state index contributed by atoms with van der Waals surface area (Å²) in [5.41, 5.74) is 5.63. The van der Waals surface area contributed by atoms with Crippen LogP contribution in [0.3, 0.4) is 0 Å². The Hall–Kier alpha value is -0.830. The predicted octanol–water partition coefficient (Wildman–Crippen LogP) is 1.32. The highest BCUT2D eigenvalue weighted by Gasteiger charge is 2.21. The van der Waals surface area contributed by atoms with E-state index < -0.39 is 10.0 Å². The van der Waals surface area contributed by atoms with E-state index in [1.54, 1.807) is 6.08 Å². The second-order valence-electron chi connectivity index (χ2n) is 2.90. The molecule has 0 spiro atoms. The van der Waals surface area contributed by atoms with Crippen molar-refractivity contribution in [1.29, 1.82) is 0 Å². The summed E-state index contributed by atoms with van der Waals surface area (Å²) in [5.74, 6) is 0. The molecular formula is C8H10ClN3O2S3. The Labute approximate surface area is 114 Å². The van der Waals surface area contributed by atoms with E-state index in [1.807, 2.05) is 0 Å². The molecule has 1 aromatic rings. The largest absolute Gasteiger partial charge is 0.397 e. The molecule has 5 nitrogen and oxygen atoms in total. The molecule has 4 N–H and O–H groups in total. The molecule has 0 amide bonds. The summed E-state index contributed by atoms with van der Waals surface area (Å²) in [6, 6.07) is 1.38. The van der Waals surface area contributed by atoms with Crippen LogP contribution in [0, 0.1) is 0 Å². The first-order valence-corrected chi connectivity index (χ1v) is 7.41. The third-order valence-electron chi connectivity index (χ3n) is 1.57. The highest BCUT2D eigenvalue weighted by atomic mass is 35.5. The van der Waals surface area contributed by atoms with Crippen molar-refractivity contribution in [2.24, 2.45) is 0 Å². The molecule has 0 saturated carbocycles. The minimum Gasteiger partial charge on any atom is -0.397 e. The van der Waals surface area contributed by atoms with Crippen molar-refractivity contribution in [1.82, 2.24) is 10.0 Å². The first kappa shape index (κ1) is 14.2. The lowest BCUT2D eigenvalue weighted by atomic mass is 10.6. The van der Waals surface area contributed by atoms with Gasteiger partial charge in [0.15, 0.2) is 9.32 Å². The van der Waals surface area contributed by atoms with Crippen LogP contribution in [0.15, 0.2) is 22.9 Å². The molecule has 0 aliphatic heterocycles. The van der Waals surface area contributed by atoms with Gasteiger partial charge in [0, 0.05) is 6.54 Å². The van der Waals surface area contributed by atoms with E-state index in [1.165, 1.54) is 6.07 Å². The maximum absolute atomic E-state index is 11.8. The molecule has 0 saturated heterocycles. The number of rotatable bonds is 4. The molecule has 0 aromatic carbocycles. The van der Waals surface area contributed by atoms with Gasteiger partial charge in [-0.2, -0.15) is 0 Å². The highest BCUT2D eigenvalue weighted by molar-refractivity contribution is 7.93. The normalized spacial score (nSPS) is 10.9. The molecule has 0 atom stereocenters. The van der Waals surface area contributed by atoms with E-state index in [2.05, 4.69) is 16.6 Å². The van der Waals surface area contributed by atoms with E-state index in [0.29, 0.717) is 10.9 Å². The number of thiophene rings is 1. The molecule has 9 heteroatoms. The average molecular weight is 312 g/mol. The van der Waals surface area contributed by atoms with Crippen molar-refractivity contribution in [3.05, 3.63) is 23.1 Å². The smallest absolute Gasteiger partial charge is 0.275 e. The number of hydrogen-bond donors (Lipinski definition) is 3. The highest BCUT2D eigenvalue weighted by Crippen LogP contribution is 2.32. The molecule has 17 heavy (non-hydrogen) atoms. The van der Waals surface area contributed by atoms with Crippen LogP contribution in [0.1, 0.15) is 0 Å². The lowest BCUT2D eigenvalue weighted by Gasteiger charge is -2.08. The molecule has 94 valence electrons. The second-order valence-corrected chi connectivity index (χ2v) is 6.87. The fourth-order valence-electron chi connectivity index (χ4n) is 0.937. The Bertz CT molecular complexity index is 538. The van der Waals surface area contributed by atoms with Gasteiger partial charge in [-0.3, -0.25) is 4.72 Å². The number of anilines is 1. The molecule has 1 heterocycles. The number of sulfonamides is 1. The molecule has 0 fully saturated rings. The average Bonchev–Trinajstić information content (AvgIpc) is 2.55. The van der Waals surface area contributed by atoms with E-state index in [0.717, 1.165) is 11.3 Å². The van der Waals surface area contributed by atoms with E-state index in [9.17, 15) is 8.42 Å². The van der Waals surface area contributed by atoms with Crippen LogP contribution in [0.2, 0.25) is 4.34 Å². The Morgan fingerprint density at radius 1 is 1.71 bits per heavy atom. The summed E-state index contributed by atoms with van der Waals surface area (Å²) in [5, 5.41) is 2.62. The van der Waals surface area contributed by atoms with Crippen LogP contribution in [-0.4, -0.2) is 20.1 Å². The third kappa shape index (κ3) is 3.84. The minimum atomic E-state index is -3.78. The Balaban J connectivity index is 2.86. The first-order valence-electron chi connectivity index (χ1n) is 4.33. The Morgan fingerprint density at radius 2 is 2.35 bits per heavy atom. The van der Waals surface area contributed by atoms with Gasteiger partial charge in [-0.1, -0.05) is 17.7 Å². The van der Waals surface area contributed by atoms with Gasteiger partial charge in [-0.25, -0.2) is 8.42 Å². The fourth-order valence-corrected chi connectivity index (χ4v) is 3.99. The molecule has 0 radical (unpaired) electrons. The zero-order chi connectivity index (χ0) is 13.1. The van der Waals surface area contributed by atoms with Crippen molar-refractivity contribution in [2.45, 2.75) is 4.21 Å². The van der Waals surface area contributed by atoms with Crippen LogP contribution in [0.4, 0.5) is 5.69 Å². The van der Waals surface area contributed by atoms with Crippen LogP contribution in [0.5, 0.6) is 0 Å².